The van der Waals surface area contributed by atoms with Crippen LogP contribution >= 0.6 is 0 Å². The van der Waals surface area contributed by atoms with E-state index in [1.807, 2.05) is 0 Å². The molecule has 0 spiro atoms. The van der Waals surface area contributed by atoms with Crippen LogP contribution in [-0.2, 0) is 4.79 Å². The molecule has 0 aromatic carbocycles. The lowest BCUT2D eigenvalue weighted by Gasteiger charge is -2.14. The summed E-state index contributed by atoms with van der Waals surface area (Å²) in [6, 6.07) is 0. The molecule has 0 radical (unpaired) electrons. The van der Waals surface area contributed by atoms with E-state index in [9.17, 15) is 4.79 Å². The number of likely N-dealkylation sites (N-methyl/N-ethyl adjacent to an activating group) is 1. The van der Waals surface area contributed by atoms with Crippen molar-refractivity contribution in [2.45, 2.75) is 19.3 Å². The van der Waals surface area contributed by atoms with Crippen LogP contribution in [0.5, 0.6) is 0 Å². The van der Waals surface area contributed by atoms with Crippen molar-refractivity contribution in [3.05, 3.63) is 0 Å². The highest BCUT2D eigenvalue weighted by atomic mass is 16.1. The van der Waals surface area contributed by atoms with E-state index in [4.69, 9.17) is 0 Å². The van der Waals surface area contributed by atoms with Crippen molar-refractivity contribution in [2.75, 3.05) is 39.8 Å². The standard InChI is InChI=1S/C10H21N3O/c1-11-9-10(14)12-5-4-8-13-6-2-3-7-13/h11H,2-9H2,1H3,(H,12,14). The predicted molar refractivity (Wildman–Crippen MR) is 57.2 cm³/mol. The van der Waals surface area contributed by atoms with E-state index >= 15 is 0 Å². The van der Waals surface area contributed by atoms with Crippen molar-refractivity contribution in [1.29, 1.82) is 0 Å². The number of amides is 1. The molecule has 0 saturated carbocycles. The van der Waals surface area contributed by atoms with Crippen LogP contribution in [0.25, 0.3) is 0 Å². The van der Waals surface area contributed by atoms with Gasteiger partial charge in [0.1, 0.15) is 0 Å². The first-order chi connectivity index (χ1) is 6.83. The largest absolute Gasteiger partial charge is 0.355 e. The fraction of sp³-hybridized carbons (Fsp3) is 0.900. The quantitative estimate of drug-likeness (QED) is 0.583. The van der Waals surface area contributed by atoms with E-state index in [0.717, 1.165) is 19.5 Å². The number of nitrogens with zero attached hydrogens (tertiary/aromatic N) is 1. The summed E-state index contributed by atoms with van der Waals surface area (Å²) in [5.74, 6) is 0.0916. The third-order valence-corrected chi connectivity index (χ3v) is 2.51. The summed E-state index contributed by atoms with van der Waals surface area (Å²) < 4.78 is 0. The first-order valence-corrected chi connectivity index (χ1v) is 5.46. The second-order valence-corrected chi connectivity index (χ2v) is 3.78. The van der Waals surface area contributed by atoms with Crippen LogP contribution in [0.3, 0.4) is 0 Å². The maximum Gasteiger partial charge on any atom is 0.233 e. The summed E-state index contributed by atoms with van der Waals surface area (Å²) >= 11 is 0. The molecule has 1 rings (SSSR count). The second-order valence-electron chi connectivity index (χ2n) is 3.78. The first-order valence-electron chi connectivity index (χ1n) is 5.46. The van der Waals surface area contributed by atoms with Crippen molar-refractivity contribution in [1.82, 2.24) is 15.5 Å². The molecule has 1 saturated heterocycles. The molecule has 1 aliphatic rings. The summed E-state index contributed by atoms with van der Waals surface area (Å²) in [5, 5.41) is 5.71. The summed E-state index contributed by atoms with van der Waals surface area (Å²) in [6.45, 7) is 4.83. The van der Waals surface area contributed by atoms with E-state index in [2.05, 4.69) is 15.5 Å². The number of likely N-dealkylation sites (tertiary alicyclic amines) is 1. The second kappa shape index (κ2) is 6.79. The highest BCUT2D eigenvalue weighted by Crippen LogP contribution is 2.06. The molecular formula is C10H21N3O. The zero-order valence-corrected chi connectivity index (χ0v) is 9.01. The minimum absolute atomic E-state index is 0.0916. The SMILES string of the molecule is CNCC(=O)NCCCN1CCCC1. The average Bonchev–Trinajstić information content (AvgIpc) is 2.65. The predicted octanol–water partition coefficient (Wildman–Crippen LogP) is -0.192. The summed E-state index contributed by atoms with van der Waals surface area (Å²) in [5.41, 5.74) is 0. The summed E-state index contributed by atoms with van der Waals surface area (Å²) in [4.78, 5) is 13.5. The minimum Gasteiger partial charge on any atom is -0.355 e. The number of rotatable bonds is 6. The number of hydrogen-bond acceptors (Lipinski definition) is 3. The van der Waals surface area contributed by atoms with Crippen LogP contribution in [0.15, 0.2) is 0 Å². The molecule has 14 heavy (non-hydrogen) atoms. The van der Waals surface area contributed by atoms with Crippen molar-refractivity contribution in [3.63, 3.8) is 0 Å². The Balaban J connectivity index is 1.90. The summed E-state index contributed by atoms with van der Waals surface area (Å²) in [6.07, 6.45) is 3.74. The monoisotopic (exact) mass is 199 g/mol. The van der Waals surface area contributed by atoms with E-state index in [1.165, 1.54) is 25.9 Å². The van der Waals surface area contributed by atoms with E-state index in [1.54, 1.807) is 7.05 Å². The Labute approximate surface area is 86.0 Å². The zero-order chi connectivity index (χ0) is 10.2. The van der Waals surface area contributed by atoms with Crippen molar-refractivity contribution >= 4 is 5.91 Å². The molecular weight excluding hydrogens is 178 g/mol. The Kier molecular flexibility index (Phi) is 5.56. The Morgan fingerprint density at radius 2 is 2.07 bits per heavy atom. The van der Waals surface area contributed by atoms with Gasteiger partial charge in [-0.25, -0.2) is 0 Å². The van der Waals surface area contributed by atoms with Crippen molar-refractivity contribution in [3.8, 4) is 0 Å². The fourth-order valence-electron chi connectivity index (χ4n) is 1.76. The normalized spacial score (nSPS) is 17.2. The lowest BCUT2D eigenvalue weighted by atomic mass is 10.4. The van der Waals surface area contributed by atoms with Gasteiger partial charge in [-0.2, -0.15) is 0 Å². The lowest BCUT2D eigenvalue weighted by molar-refractivity contribution is -0.120. The Hall–Kier alpha value is -0.610. The maximum absolute atomic E-state index is 11.1. The van der Waals surface area contributed by atoms with Gasteiger partial charge in [0.25, 0.3) is 0 Å². The highest BCUT2D eigenvalue weighted by molar-refractivity contribution is 5.77. The maximum atomic E-state index is 11.1. The summed E-state index contributed by atoms with van der Waals surface area (Å²) in [7, 11) is 1.78. The molecule has 1 fully saturated rings. The topological polar surface area (TPSA) is 44.4 Å². The molecule has 0 atom stereocenters. The lowest BCUT2D eigenvalue weighted by Crippen LogP contribution is -2.34. The van der Waals surface area contributed by atoms with Gasteiger partial charge in [0, 0.05) is 6.54 Å². The Morgan fingerprint density at radius 1 is 1.36 bits per heavy atom. The molecule has 82 valence electrons. The number of hydrogen-bond donors (Lipinski definition) is 2. The van der Waals surface area contributed by atoms with Crippen LogP contribution in [0, 0.1) is 0 Å². The van der Waals surface area contributed by atoms with Crippen LogP contribution in [-0.4, -0.2) is 50.6 Å². The van der Waals surface area contributed by atoms with Gasteiger partial charge in [-0.15, -0.1) is 0 Å². The van der Waals surface area contributed by atoms with Crippen LogP contribution < -0.4 is 10.6 Å². The van der Waals surface area contributed by atoms with Gasteiger partial charge in [0.05, 0.1) is 6.54 Å². The molecule has 4 nitrogen and oxygen atoms in total. The van der Waals surface area contributed by atoms with E-state index in [-0.39, 0.29) is 5.91 Å². The molecule has 2 N–H and O–H groups in total. The van der Waals surface area contributed by atoms with Crippen LogP contribution in [0.4, 0.5) is 0 Å². The van der Waals surface area contributed by atoms with E-state index < -0.39 is 0 Å². The number of nitrogens with one attached hydrogen (secondary N) is 2. The van der Waals surface area contributed by atoms with Crippen molar-refractivity contribution < 1.29 is 4.79 Å². The third-order valence-electron chi connectivity index (χ3n) is 2.51. The minimum atomic E-state index is 0.0916. The van der Waals surface area contributed by atoms with Crippen LogP contribution in [0.2, 0.25) is 0 Å². The third kappa shape index (κ3) is 4.58. The first kappa shape index (κ1) is 11.5. The molecule has 0 unspecified atom stereocenters. The zero-order valence-electron chi connectivity index (χ0n) is 9.01. The molecule has 0 bridgehead atoms. The smallest absolute Gasteiger partial charge is 0.233 e. The number of carbonyl (C=O) groups is 1. The van der Waals surface area contributed by atoms with Gasteiger partial charge in [-0.1, -0.05) is 0 Å². The highest BCUT2D eigenvalue weighted by Gasteiger charge is 2.10. The van der Waals surface area contributed by atoms with E-state index in [0.29, 0.717) is 6.54 Å². The molecule has 1 amide bonds. The molecule has 1 heterocycles. The van der Waals surface area contributed by atoms with Gasteiger partial charge in [-0.05, 0) is 45.9 Å². The average molecular weight is 199 g/mol. The molecule has 1 aliphatic heterocycles. The molecule has 4 heteroatoms. The number of carbonyl (C=O) groups excluding carboxylic acids is 1. The Bertz CT molecular complexity index is 167. The van der Waals surface area contributed by atoms with Gasteiger partial charge >= 0.3 is 0 Å². The van der Waals surface area contributed by atoms with Gasteiger partial charge in [0.15, 0.2) is 0 Å². The van der Waals surface area contributed by atoms with Crippen LogP contribution in [0.1, 0.15) is 19.3 Å². The van der Waals surface area contributed by atoms with Gasteiger partial charge in [-0.3, -0.25) is 4.79 Å². The van der Waals surface area contributed by atoms with Gasteiger partial charge in [0.2, 0.25) is 5.91 Å². The fourth-order valence-corrected chi connectivity index (χ4v) is 1.76. The molecule has 0 aromatic heterocycles. The van der Waals surface area contributed by atoms with Gasteiger partial charge < -0.3 is 15.5 Å². The molecule has 0 aliphatic carbocycles. The Morgan fingerprint density at radius 3 is 2.71 bits per heavy atom. The van der Waals surface area contributed by atoms with Crippen molar-refractivity contribution in [2.24, 2.45) is 0 Å². The molecule has 0 aromatic rings.